The molecule has 14 nitrogen and oxygen atoms in total. The van der Waals surface area contributed by atoms with Crippen LogP contribution in [0.15, 0.2) is 47.4 Å². The number of nitrogens with two attached hydrogens (primary N) is 2. The summed E-state index contributed by atoms with van der Waals surface area (Å²) in [5.74, 6) is -0.643. The summed E-state index contributed by atoms with van der Waals surface area (Å²) in [6.45, 7) is -0.326. The summed E-state index contributed by atoms with van der Waals surface area (Å²) in [6.07, 6.45) is -3.40. The van der Waals surface area contributed by atoms with Gasteiger partial charge in [-0.1, -0.05) is 30.3 Å². The van der Waals surface area contributed by atoms with E-state index in [1.54, 1.807) is 0 Å². The van der Waals surface area contributed by atoms with E-state index in [4.69, 9.17) is 40.2 Å². The number of phosphoric acid groups is 1. The Kier molecular flexibility index (Phi) is 9.22. The Morgan fingerprint density at radius 3 is 2.36 bits per heavy atom. The van der Waals surface area contributed by atoms with Gasteiger partial charge in [0, 0.05) is 6.20 Å². The monoisotopic (exact) mass is 488 g/mol. The first-order valence-corrected chi connectivity index (χ1v) is 11.0. The predicted octanol–water partition coefficient (Wildman–Crippen LogP) is -2.37. The number of carbonyl (C=O) groups is 1. The Balaban J connectivity index is 0.000000696. The quantitative estimate of drug-likeness (QED) is 0.166. The highest BCUT2D eigenvalue weighted by molar-refractivity contribution is 7.45. The van der Waals surface area contributed by atoms with Gasteiger partial charge in [0.05, 0.1) is 0 Å². The van der Waals surface area contributed by atoms with Crippen LogP contribution in [0.3, 0.4) is 0 Å². The van der Waals surface area contributed by atoms with E-state index >= 15 is 0 Å². The molecule has 0 bridgehead atoms. The van der Waals surface area contributed by atoms with Gasteiger partial charge in [0.1, 0.15) is 36.8 Å². The molecule has 182 valence electrons. The topological polar surface area (TPSA) is 241 Å². The van der Waals surface area contributed by atoms with Crippen LogP contribution in [0.25, 0.3) is 0 Å². The minimum Gasteiger partial charge on any atom is -0.462 e. The fraction of sp³-hybridized carbons (Fsp3) is 0.389. The van der Waals surface area contributed by atoms with Gasteiger partial charge in [0.15, 0.2) is 6.23 Å². The highest BCUT2D eigenvalue weighted by Crippen LogP contribution is 2.28. The van der Waals surface area contributed by atoms with Crippen molar-refractivity contribution >= 4 is 19.6 Å². The number of anilines is 1. The van der Waals surface area contributed by atoms with E-state index < -0.39 is 50.1 Å². The van der Waals surface area contributed by atoms with Crippen LogP contribution in [0, 0.1) is 0 Å². The number of ether oxygens (including phenoxy) is 2. The lowest BCUT2D eigenvalue weighted by atomic mass is 10.1. The number of benzene rings is 1. The fourth-order valence-corrected chi connectivity index (χ4v) is 2.94. The van der Waals surface area contributed by atoms with Crippen molar-refractivity contribution in [2.75, 3.05) is 12.3 Å². The molecule has 2 heterocycles. The lowest BCUT2D eigenvalue weighted by Crippen LogP contribution is -2.39. The average Bonchev–Trinajstić information content (AvgIpc) is 3.00. The van der Waals surface area contributed by atoms with E-state index in [0.29, 0.717) is 6.42 Å². The van der Waals surface area contributed by atoms with E-state index in [-0.39, 0.29) is 12.4 Å². The first-order valence-electron chi connectivity index (χ1n) is 9.47. The van der Waals surface area contributed by atoms with Crippen molar-refractivity contribution in [2.24, 2.45) is 5.73 Å². The van der Waals surface area contributed by atoms with Crippen LogP contribution in [0.5, 0.6) is 0 Å². The second kappa shape index (κ2) is 11.4. The molecule has 9 N–H and O–H groups in total. The van der Waals surface area contributed by atoms with Gasteiger partial charge < -0.3 is 45.8 Å². The molecule has 0 radical (unpaired) electrons. The van der Waals surface area contributed by atoms with Crippen molar-refractivity contribution < 1.29 is 43.7 Å². The molecule has 0 amide bonds. The van der Waals surface area contributed by atoms with Crippen molar-refractivity contribution in [1.82, 2.24) is 9.55 Å². The average molecular weight is 488 g/mol. The van der Waals surface area contributed by atoms with Crippen molar-refractivity contribution in [3.05, 3.63) is 58.6 Å². The summed E-state index contributed by atoms with van der Waals surface area (Å²) in [4.78, 5) is 49.1. The second-order valence-corrected chi connectivity index (χ2v) is 8.05. The highest BCUT2D eigenvalue weighted by Gasteiger charge is 2.44. The van der Waals surface area contributed by atoms with E-state index in [1.807, 2.05) is 30.3 Å². The molecule has 1 saturated heterocycles. The van der Waals surface area contributed by atoms with Crippen molar-refractivity contribution in [3.8, 4) is 0 Å². The van der Waals surface area contributed by atoms with Gasteiger partial charge in [-0.25, -0.2) is 9.36 Å². The van der Waals surface area contributed by atoms with Crippen LogP contribution < -0.4 is 17.2 Å². The molecule has 5 atom stereocenters. The smallest absolute Gasteiger partial charge is 0.462 e. The number of hydrogen-bond acceptors (Lipinski definition) is 10. The Morgan fingerprint density at radius 2 is 1.79 bits per heavy atom. The van der Waals surface area contributed by atoms with Gasteiger partial charge in [-0.15, -0.1) is 0 Å². The zero-order valence-corrected chi connectivity index (χ0v) is 18.0. The third kappa shape index (κ3) is 8.31. The van der Waals surface area contributed by atoms with E-state index in [2.05, 4.69) is 4.98 Å². The molecule has 0 spiro atoms. The molecule has 3 rings (SSSR count). The molecule has 0 unspecified atom stereocenters. The van der Waals surface area contributed by atoms with Crippen LogP contribution in [0.2, 0.25) is 0 Å². The Hall–Kier alpha value is -2.68. The van der Waals surface area contributed by atoms with Gasteiger partial charge in [0.2, 0.25) is 0 Å². The van der Waals surface area contributed by atoms with Crippen molar-refractivity contribution in [1.29, 1.82) is 0 Å². The first-order chi connectivity index (χ1) is 15.4. The van der Waals surface area contributed by atoms with Crippen LogP contribution in [0.4, 0.5) is 5.82 Å². The van der Waals surface area contributed by atoms with Gasteiger partial charge in [0.25, 0.3) is 0 Å². The first kappa shape index (κ1) is 26.6. The molecule has 1 aliphatic rings. The summed E-state index contributed by atoms with van der Waals surface area (Å²) in [7, 11) is -4.64. The number of aliphatic hydroxyl groups excluding tert-OH is 2. The molecule has 33 heavy (non-hydrogen) atoms. The fourth-order valence-electron chi connectivity index (χ4n) is 2.94. The summed E-state index contributed by atoms with van der Waals surface area (Å²) in [5.41, 5.74) is 11.4. The molecular formula is C18H25N4O10P. The van der Waals surface area contributed by atoms with Gasteiger partial charge in [-0.2, -0.15) is 4.98 Å². The largest absolute Gasteiger partial charge is 0.466 e. The van der Waals surface area contributed by atoms with E-state index in [1.165, 1.54) is 12.3 Å². The SMILES string of the molecule is Nc1ccn([C@@H]2O[C@H](COC(=O)[C@H](N)Cc3ccccc3)[C@@H](O)[C@@H]2O)c(=O)n1.O=P(O)(O)O. The summed E-state index contributed by atoms with van der Waals surface area (Å²) >= 11 is 0. The standard InChI is InChI=1S/C18H22N4O6.H3O4P/c19-11(8-10-4-2-1-3-5-10)17(25)27-9-12-14(23)15(24)16(28-12)22-7-6-13(20)21-18(22)26;1-5(2,3)4/h1-7,11-12,14-16,23-24H,8-9,19H2,(H2,20,21,26);(H3,1,2,3,4)/t11-,12-,14-,15+,16-;/m1./s1. The van der Waals surface area contributed by atoms with Crippen LogP contribution in [-0.4, -0.2) is 71.4 Å². The lowest BCUT2D eigenvalue weighted by molar-refractivity contribution is -0.151. The third-order valence-electron chi connectivity index (χ3n) is 4.45. The maximum atomic E-state index is 12.1. The van der Waals surface area contributed by atoms with Crippen molar-refractivity contribution in [3.63, 3.8) is 0 Å². The molecule has 2 aromatic rings. The Morgan fingerprint density at radius 1 is 1.18 bits per heavy atom. The molecule has 1 fully saturated rings. The zero-order chi connectivity index (χ0) is 24.8. The molecule has 0 aliphatic carbocycles. The maximum Gasteiger partial charge on any atom is 0.466 e. The third-order valence-corrected chi connectivity index (χ3v) is 4.45. The van der Waals surface area contributed by atoms with E-state index in [0.717, 1.165) is 10.1 Å². The maximum absolute atomic E-state index is 12.1. The van der Waals surface area contributed by atoms with E-state index in [9.17, 15) is 19.8 Å². The highest BCUT2D eigenvalue weighted by atomic mass is 31.2. The number of nitrogens with zero attached hydrogens (tertiary/aromatic N) is 2. The minimum atomic E-state index is -4.64. The number of esters is 1. The number of nitrogen functional groups attached to an aromatic ring is 1. The number of carbonyl (C=O) groups excluding carboxylic acids is 1. The Bertz CT molecular complexity index is 1020. The summed E-state index contributed by atoms with van der Waals surface area (Å²) in [6, 6.07) is 9.70. The molecular weight excluding hydrogens is 463 g/mol. The molecule has 0 saturated carbocycles. The Labute approximate surface area is 187 Å². The second-order valence-electron chi connectivity index (χ2n) is 7.03. The van der Waals surface area contributed by atoms with Crippen molar-refractivity contribution in [2.45, 2.75) is 37.0 Å². The minimum absolute atomic E-state index is 0.0205. The molecule has 1 aromatic heterocycles. The van der Waals surface area contributed by atoms with Gasteiger partial charge >= 0.3 is 19.5 Å². The molecule has 1 aromatic carbocycles. The van der Waals surface area contributed by atoms with Gasteiger partial charge in [-0.05, 0) is 18.1 Å². The van der Waals surface area contributed by atoms with Gasteiger partial charge in [-0.3, -0.25) is 9.36 Å². The van der Waals surface area contributed by atoms with Crippen LogP contribution in [-0.2, 0) is 25.3 Å². The summed E-state index contributed by atoms with van der Waals surface area (Å²) in [5, 5.41) is 20.3. The van der Waals surface area contributed by atoms with Crippen LogP contribution in [0.1, 0.15) is 11.8 Å². The number of aliphatic hydroxyl groups is 2. The lowest BCUT2D eigenvalue weighted by Gasteiger charge is -2.17. The number of hydrogen-bond donors (Lipinski definition) is 7. The normalized spacial score (nSPS) is 23.3. The molecule has 1 aliphatic heterocycles. The number of rotatable bonds is 6. The summed E-state index contributed by atoms with van der Waals surface area (Å²) < 4.78 is 20.5. The molecule has 15 heteroatoms. The van der Waals surface area contributed by atoms with Crippen LogP contribution >= 0.6 is 7.82 Å². The number of aromatic nitrogens is 2. The zero-order valence-electron chi connectivity index (χ0n) is 17.1. The predicted molar refractivity (Wildman–Crippen MR) is 112 cm³/mol.